The van der Waals surface area contributed by atoms with Crippen LogP contribution in [0, 0.1) is 6.92 Å². The van der Waals surface area contributed by atoms with Crippen LogP contribution < -0.4 is 10.1 Å². The second-order valence-corrected chi connectivity index (χ2v) is 6.78. The molecule has 0 bridgehead atoms. The van der Waals surface area contributed by atoms with Crippen molar-refractivity contribution < 1.29 is 9.53 Å². The summed E-state index contributed by atoms with van der Waals surface area (Å²) in [5, 5.41) is 4.13. The highest BCUT2D eigenvalue weighted by Crippen LogP contribution is 2.31. The van der Waals surface area contributed by atoms with Gasteiger partial charge in [0.2, 0.25) is 5.91 Å². The van der Waals surface area contributed by atoms with E-state index in [0.717, 1.165) is 27.1 Å². The lowest BCUT2D eigenvalue weighted by molar-refractivity contribution is -0.115. The molecule has 0 atom stereocenters. The van der Waals surface area contributed by atoms with Crippen molar-refractivity contribution in [1.29, 1.82) is 0 Å². The minimum Gasteiger partial charge on any atom is -0.494 e. The fraction of sp³-hybridized carbons (Fsp3) is 0.222. The van der Waals surface area contributed by atoms with Crippen LogP contribution in [0.3, 0.4) is 0 Å². The summed E-state index contributed by atoms with van der Waals surface area (Å²) in [6, 6.07) is 11.3. The van der Waals surface area contributed by atoms with Crippen molar-refractivity contribution in [1.82, 2.24) is 4.98 Å². The predicted molar refractivity (Wildman–Crippen MR) is 99.3 cm³/mol. The van der Waals surface area contributed by atoms with Gasteiger partial charge in [0.15, 0.2) is 5.13 Å². The summed E-state index contributed by atoms with van der Waals surface area (Å²) in [4.78, 5) is 16.7. The van der Waals surface area contributed by atoms with E-state index in [4.69, 9.17) is 16.3 Å². The molecule has 0 unspecified atom stereocenters. The lowest BCUT2D eigenvalue weighted by Gasteiger charge is -2.05. The Morgan fingerprint density at radius 1 is 1.25 bits per heavy atom. The van der Waals surface area contributed by atoms with Gasteiger partial charge in [-0.3, -0.25) is 4.79 Å². The topological polar surface area (TPSA) is 51.2 Å². The van der Waals surface area contributed by atoms with Crippen molar-refractivity contribution in [2.45, 2.75) is 20.3 Å². The molecule has 0 aliphatic rings. The average molecular weight is 361 g/mol. The second kappa shape index (κ2) is 7.20. The zero-order chi connectivity index (χ0) is 17.1. The molecular formula is C18H17ClN2O2S. The molecule has 1 N–H and O–H groups in total. The number of nitrogens with zero attached hydrogens (tertiary/aromatic N) is 1. The number of hydrogen-bond acceptors (Lipinski definition) is 4. The number of anilines is 1. The first kappa shape index (κ1) is 16.7. The zero-order valence-corrected chi connectivity index (χ0v) is 15.0. The second-order valence-electron chi connectivity index (χ2n) is 5.34. The molecule has 0 saturated carbocycles. The Hall–Kier alpha value is -2.11. The number of rotatable bonds is 5. The van der Waals surface area contributed by atoms with Gasteiger partial charge in [-0.15, -0.1) is 0 Å². The van der Waals surface area contributed by atoms with E-state index < -0.39 is 0 Å². The van der Waals surface area contributed by atoms with E-state index in [1.54, 1.807) is 0 Å². The van der Waals surface area contributed by atoms with E-state index in [0.29, 0.717) is 23.2 Å². The SMILES string of the molecule is CCOc1ccc(CC(=O)Nc2nc3c(C)c(Cl)ccc3s2)cc1. The van der Waals surface area contributed by atoms with Gasteiger partial charge in [0.25, 0.3) is 0 Å². The molecule has 0 aliphatic heterocycles. The molecule has 24 heavy (non-hydrogen) atoms. The van der Waals surface area contributed by atoms with Gasteiger partial charge in [0.05, 0.1) is 23.2 Å². The first-order chi connectivity index (χ1) is 11.6. The highest BCUT2D eigenvalue weighted by molar-refractivity contribution is 7.22. The molecule has 0 radical (unpaired) electrons. The highest BCUT2D eigenvalue weighted by Gasteiger charge is 2.11. The minimum absolute atomic E-state index is 0.0954. The number of carbonyl (C=O) groups excluding carboxylic acids is 1. The molecule has 0 fully saturated rings. The van der Waals surface area contributed by atoms with Crippen LogP contribution in [-0.2, 0) is 11.2 Å². The predicted octanol–water partition coefficient (Wildman–Crippen LogP) is 4.84. The molecule has 6 heteroatoms. The van der Waals surface area contributed by atoms with Crippen LogP contribution in [0.25, 0.3) is 10.2 Å². The van der Waals surface area contributed by atoms with Gasteiger partial charge in [-0.1, -0.05) is 35.1 Å². The quantitative estimate of drug-likeness (QED) is 0.708. The zero-order valence-electron chi connectivity index (χ0n) is 13.4. The summed E-state index contributed by atoms with van der Waals surface area (Å²) in [5.41, 5.74) is 2.69. The maximum absolute atomic E-state index is 12.2. The Kier molecular flexibility index (Phi) is 5.02. The summed E-state index contributed by atoms with van der Waals surface area (Å²) in [6.45, 7) is 4.49. The average Bonchev–Trinajstić information content (AvgIpc) is 2.96. The first-order valence-corrected chi connectivity index (χ1v) is 8.83. The number of aromatic nitrogens is 1. The van der Waals surface area contributed by atoms with E-state index in [9.17, 15) is 4.79 Å². The third kappa shape index (κ3) is 3.68. The van der Waals surface area contributed by atoms with Gasteiger partial charge in [0.1, 0.15) is 5.75 Å². The maximum Gasteiger partial charge on any atom is 0.230 e. The summed E-state index contributed by atoms with van der Waals surface area (Å²) < 4.78 is 6.40. The van der Waals surface area contributed by atoms with Gasteiger partial charge in [0, 0.05) is 5.02 Å². The third-order valence-electron chi connectivity index (χ3n) is 3.59. The van der Waals surface area contributed by atoms with Crippen molar-refractivity contribution in [3.8, 4) is 5.75 Å². The number of thiazole rings is 1. The molecule has 0 aliphatic carbocycles. The van der Waals surface area contributed by atoms with Gasteiger partial charge >= 0.3 is 0 Å². The summed E-state index contributed by atoms with van der Waals surface area (Å²) in [7, 11) is 0. The number of fused-ring (bicyclic) bond motifs is 1. The highest BCUT2D eigenvalue weighted by atomic mass is 35.5. The number of nitrogens with one attached hydrogen (secondary N) is 1. The minimum atomic E-state index is -0.0954. The maximum atomic E-state index is 12.2. The van der Waals surface area contributed by atoms with E-state index in [1.165, 1.54) is 11.3 Å². The van der Waals surface area contributed by atoms with Gasteiger partial charge in [-0.2, -0.15) is 0 Å². The van der Waals surface area contributed by atoms with Crippen LogP contribution in [-0.4, -0.2) is 17.5 Å². The molecule has 1 amide bonds. The number of carbonyl (C=O) groups is 1. The monoisotopic (exact) mass is 360 g/mol. The molecule has 0 spiro atoms. The largest absolute Gasteiger partial charge is 0.494 e. The van der Waals surface area contributed by atoms with Crippen molar-refractivity contribution in [3.05, 3.63) is 52.5 Å². The van der Waals surface area contributed by atoms with Gasteiger partial charge in [-0.05, 0) is 49.2 Å². The Morgan fingerprint density at radius 2 is 2.00 bits per heavy atom. The smallest absolute Gasteiger partial charge is 0.230 e. The Bertz CT molecular complexity index is 875. The molecule has 3 aromatic rings. The lowest BCUT2D eigenvalue weighted by atomic mass is 10.1. The Labute approximate surface area is 149 Å². The summed E-state index contributed by atoms with van der Waals surface area (Å²) in [6.07, 6.45) is 0.294. The van der Waals surface area contributed by atoms with Crippen molar-refractivity contribution in [3.63, 3.8) is 0 Å². The lowest BCUT2D eigenvalue weighted by Crippen LogP contribution is -2.14. The van der Waals surface area contributed by atoms with Crippen molar-refractivity contribution >= 4 is 44.2 Å². The van der Waals surface area contributed by atoms with Crippen LogP contribution in [0.4, 0.5) is 5.13 Å². The molecule has 1 heterocycles. The molecule has 0 saturated heterocycles. The standard InChI is InChI=1S/C18H17ClN2O2S/c1-3-23-13-6-4-12(5-7-13)10-16(22)20-18-21-17-11(2)14(19)8-9-15(17)24-18/h4-9H,3,10H2,1-2H3,(H,20,21,22). The molecule has 124 valence electrons. The van der Waals surface area contributed by atoms with Crippen LogP contribution in [0.5, 0.6) is 5.75 Å². The molecule has 4 nitrogen and oxygen atoms in total. The van der Waals surface area contributed by atoms with E-state index >= 15 is 0 Å². The fourth-order valence-electron chi connectivity index (χ4n) is 2.37. The summed E-state index contributed by atoms with van der Waals surface area (Å²) >= 11 is 7.56. The van der Waals surface area contributed by atoms with Gasteiger partial charge < -0.3 is 10.1 Å². The number of amides is 1. The van der Waals surface area contributed by atoms with Crippen molar-refractivity contribution in [2.75, 3.05) is 11.9 Å². The number of ether oxygens (including phenoxy) is 1. The molecule has 3 rings (SSSR count). The van der Waals surface area contributed by atoms with Crippen molar-refractivity contribution in [2.24, 2.45) is 0 Å². The van der Waals surface area contributed by atoms with E-state index in [2.05, 4.69) is 10.3 Å². The Balaban J connectivity index is 1.69. The van der Waals surface area contributed by atoms with Crippen LogP contribution in [0.2, 0.25) is 5.02 Å². The number of aryl methyl sites for hydroxylation is 1. The fourth-order valence-corrected chi connectivity index (χ4v) is 3.47. The first-order valence-electron chi connectivity index (χ1n) is 7.64. The molecular weight excluding hydrogens is 344 g/mol. The molecule has 2 aromatic carbocycles. The number of benzene rings is 2. The third-order valence-corrected chi connectivity index (χ3v) is 4.94. The van der Waals surface area contributed by atoms with Gasteiger partial charge in [-0.25, -0.2) is 4.98 Å². The van der Waals surface area contributed by atoms with E-state index in [1.807, 2.05) is 50.2 Å². The van der Waals surface area contributed by atoms with Crippen LogP contribution in [0.1, 0.15) is 18.1 Å². The number of halogens is 1. The summed E-state index contributed by atoms with van der Waals surface area (Å²) in [5.74, 6) is 0.710. The Morgan fingerprint density at radius 3 is 2.71 bits per heavy atom. The van der Waals surface area contributed by atoms with Crippen LogP contribution in [0.15, 0.2) is 36.4 Å². The number of hydrogen-bond donors (Lipinski definition) is 1. The molecule has 1 aromatic heterocycles. The normalized spacial score (nSPS) is 10.8. The van der Waals surface area contributed by atoms with E-state index in [-0.39, 0.29) is 5.91 Å². The van der Waals surface area contributed by atoms with Crippen LogP contribution >= 0.6 is 22.9 Å².